The Hall–Kier alpha value is -2.17. The molecule has 4 nitrogen and oxygen atoms in total. The minimum Gasteiger partial charge on any atom is -0.508 e. The minimum atomic E-state index is -2.19. The predicted octanol–water partition coefficient (Wildman–Crippen LogP) is 1.73. The number of hydrogen-bond acceptors (Lipinski definition) is 4. The van der Waals surface area contributed by atoms with E-state index in [1.807, 2.05) is 6.07 Å². The maximum Gasteiger partial charge on any atom is 0.196 e. The lowest BCUT2D eigenvalue weighted by atomic mass is 9.92. The second kappa shape index (κ2) is 5.22. The summed E-state index contributed by atoms with van der Waals surface area (Å²) in [7, 11) is 0. The molecule has 0 radical (unpaired) electrons. The summed E-state index contributed by atoms with van der Waals surface area (Å²) in [6.45, 7) is 0. The number of benzene rings is 1. The third kappa shape index (κ3) is 3.19. The highest BCUT2D eigenvalue weighted by Gasteiger charge is 2.31. The zero-order chi connectivity index (χ0) is 13.9. The molecule has 0 amide bonds. The Morgan fingerprint density at radius 3 is 2.53 bits per heavy atom. The molecule has 1 aromatic carbocycles. The molecule has 0 aromatic heterocycles. The van der Waals surface area contributed by atoms with Gasteiger partial charge in [-0.1, -0.05) is 42.5 Å². The number of hydrogen-bond donors (Lipinski definition) is 3. The first-order valence-electron chi connectivity index (χ1n) is 5.81. The molecule has 0 aliphatic heterocycles. The molecular formula is C15H14O4. The fraction of sp³-hybridized carbons (Fsp3) is 0.133. The summed E-state index contributed by atoms with van der Waals surface area (Å²) in [5.74, 6) is -3.41. The van der Waals surface area contributed by atoms with Gasteiger partial charge in [-0.15, -0.1) is 0 Å². The van der Waals surface area contributed by atoms with E-state index >= 15 is 0 Å². The first kappa shape index (κ1) is 13.3. The van der Waals surface area contributed by atoms with Gasteiger partial charge in [0.15, 0.2) is 11.6 Å². The van der Waals surface area contributed by atoms with Crippen molar-refractivity contribution in [1.29, 1.82) is 0 Å². The van der Waals surface area contributed by atoms with E-state index in [0.717, 1.165) is 6.08 Å². The van der Waals surface area contributed by atoms with Gasteiger partial charge in [-0.2, -0.15) is 0 Å². The molecule has 1 aliphatic carbocycles. The van der Waals surface area contributed by atoms with E-state index < -0.39 is 11.7 Å². The molecule has 1 unspecified atom stereocenters. The molecule has 1 aromatic rings. The van der Waals surface area contributed by atoms with Gasteiger partial charge in [-0.25, -0.2) is 0 Å². The Morgan fingerprint density at radius 2 is 1.89 bits per heavy atom. The van der Waals surface area contributed by atoms with E-state index in [1.54, 1.807) is 24.3 Å². The molecule has 0 heterocycles. The number of carbonyl (C=O) groups is 1. The van der Waals surface area contributed by atoms with Crippen LogP contribution in [0.15, 0.2) is 66.5 Å². The highest BCUT2D eigenvalue weighted by Crippen LogP contribution is 2.25. The second-order valence-electron chi connectivity index (χ2n) is 4.33. The minimum absolute atomic E-state index is 0.218. The van der Waals surface area contributed by atoms with Crippen LogP contribution in [-0.4, -0.2) is 26.9 Å². The van der Waals surface area contributed by atoms with Crippen LogP contribution in [0.25, 0.3) is 0 Å². The van der Waals surface area contributed by atoms with Crippen LogP contribution in [-0.2, 0) is 0 Å². The van der Waals surface area contributed by atoms with Crippen LogP contribution in [0.3, 0.4) is 0 Å². The molecule has 4 heteroatoms. The highest BCUT2D eigenvalue weighted by molar-refractivity contribution is 6.04. The standard InChI is InChI=1S/C15H14O4/c16-13-8-6-12(15(18,19)10-13)7-9-14(17)11-4-2-1-3-5-11/h1-10,12,16,18-19H. The lowest BCUT2D eigenvalue weighted by molar-refractivity contribution is -0.138. The molecule has 0 spiro atoms. The topological polar surface area (TPSA) is 77.8 Å². The van der Waals surface area contributed by atoms with Gasteiger partial charge in [0.25, 0.3) is 0 Å². The monoisotopic (exact) mass is 258 g/mol. The van der Waals surface area contributed by atoms with Crippen molar-refractivity contribution in [1.82, 2.24) is 0 Å². The number of ketones is 1. The van der Waals surface area contributed by atoms with Crippen molar-refractivity contribution in [2.75, 3.05) is 0 Å². The summed E-state index contributed by atoms with van der Waals surface area (Å²) in [4.78, 5) is 11.8. The summed E-state index contributed by atoms with van der Waals surface area (Å²) in [5.41, 5.74) is 0.526. The second-order valence-corrected chi connectivity index (χ2v) is 4.33. The normalized spacial score (nSPS) is 21.4. The van der Waals surface area contributed by atoms with Crippen LogP contribution < -0.4 is 0 Å². The van der Waals surface area contributed by atoms with Gasteiger partial charge in [-0.3, -0.25) is 4.79 Å². The highest BCUT2D eigenvalue weighted by atomic mass is 16.5. The molecule has 2 rings (SSSR count). The molecule has 0 saturated heterocycles. The fourth-order valence-corrected chi connectivity index (χ4v) is 1.80. The number of aliphatic hydroxyl groups excluding tert-OH is 1. The Morgan fingerprint density at radius 1 is 1.21 bits per heavy atom. The molecule has 0 bridgehead atoms. The van der Waals surface area contributed by atoms with E-state index in [9.17, 15) is 20.1 Å². The molecule has 1 atom stereocenters. The molecule has 0 saturated carbocycles. The zero-order valence-electron chi connectivity index (χ0n) is 10.1. The average molecular weight is 258 g/mol. The number of aliphatic hydroxyl groups is 3. The smallest absolute Gasteiger partial charge is 0.196 e. The molecule has 1 aliphatic rings. The van der Waals surface area contributed by atoms with Crippen molar-refractivity contribution in [3.8, 4) is 0 Å². The summed E-state index contributed by atoms with van der Waals surface area (Å²) < 4.78 is 0. The third-order valence-electron chi connectivity index (χ3n) is 2.84. The van der Waals surface area contributed by atoms with Gasteiger partial charge in [0.1, 0.15) is 5.76 Å². The molecule has 19 heavy (non-hydrogen) atoms. The Labute approximate surface area is 110 Å². The Bertz CT molecular complexity index is 553. The van der Waals surface area contributed by atoms with Gasteiger partial charge in [0, 0.05) is 11.6 Å². The van der Waals surface area contributed by atoms with Crippen LogP contribution in [0.1, 0.15) is 10.4 Å². The van der Waals surface area contributed by atoms with Crippen LogP contribution >= 0.6 is 0 Å². The SMILES string of the molecule is O=C(C=CC1C=CC(O)=CC1(O)O)c1ccccc1. The van der Waals surface area contributed by atoms with E-state index in [4.69, 9.17) is 0 Å². The summed E-state index contributed by atoms with van der Waals surface area (Å²) in [6, 6.07) is 8.68. The van der Waals surface area contributed by atoms with Crippen molar-refractivity contribution in [3.63, 3.8) is 0 Å². The van der Waals surface area contributed by atoms with Crippen molar-refractivity contribution >= 4 is 5.78 Å². The molecule has 98 valence electrons. The molecular weight excluding hydrogens is 244 g/mol. The zero-order valence-corrected chi connectivity index (χ0v) is 10.1. The van der Waals surface area contributed by atoms with Crippen molar-refractivity contribution in [2.24, 2.45) is 5.92 Å². The number of rotatable bonds is 3. The van der Waals surface area contributed by atoms with E-state index in [1.165, 1.54) is 24.3 Å². The van der Waals surface area contributed by atoms with Crippen molar-refractivity contribution in [2.45, 2.75) is 5.79 Å². The van der Waals surface area contributed by atoms with E-state index in [-0.39, 0.29) is 11.5 Å². The van der Waals surface area contributed by atoms with Crippen LogP contribution in [0, 0.1) is 5.92 Å². The quantitative estimate of drug-likeness (QED) is 0.438. The van der Waals surface area contributed by atoms with Gasteiger partial charge in [-0.05, 0) is 12.2 Å². The van der Waals surface area contributed by atoms with Gasteiger partial charge < -0.3 is 15.3 Å². The van der Waals surface area contributed by atoms with Gasteiger partial charge >= 0.3 is 0 Å². The number of allylic oxidation sites excluding steroid dienone is 2. The van der Waals surface area contributed by atoms with Gasteiger partial charge in [0.05, 0.1) is 5.92 Å². The van der Waals surface area contributed by atoms with E-state index in [0.29, 0.717) is 5.56 Å². The summed E-state index contributed by atoms with van der Waals surface area (Å²) in [5, 5.41) is 28.6. The Kier molecular flexibility index (Phi) is 3.64. The average Bonchev–Trinajstić information content (AvgIpc) is 2.37. The lowest BCUT2D eigenvalue weighted by Gasteiger charge is -2.26. The maximum absolute atomic E-state index is 11.8. The van der Waals surface area contributed by atoms with Crippen LogP contribution in [0.4, 0.5) is 0 Å². The first-order valence-corrected chi connectivity index (χ1v) is 5.81. The maximum atomic E-state index is 11.8. The molecule has 0 fully saturated rings. The van der Waals surface area contributed by atoms with Crippen LogP contribution in [0.5, 0.6) is 0 Å². The number of carbonyl (C=O) groups excluding carboxylic acids is 1. The molecule has 3 N–H and O–H groups in total. The van der Waals surface area contributed by atoms with Crippen molar-refractivity contribution < 1.29 is 20.1 Å². The van der Waals surface area contributed by atoms with E-state index in [2.05, 4.69) is 0 Å². The van der Waals surface area contributed by atoms with Crippen molar-refractivity contribution in [3.05, 3.63) is 72.0 Å². The summed E-state index contributed by atoms with van der Waals surface area (Å²) in [6.07, 6.45) is 6.39. The largest absolute Gasteiger partial charge is 0.508 e. The Balaban J connectivity index is 2.12. The predicted molar refractivity (Wildman–Crippen MR) is 70.4 cm³/mol. The summed E-state index contributed by atoms with van der Waals surface area (Å²) >= 11 is 0. The fourth-order valence-electron chi connectivity index (χ4n) is 1.80. The first-order chi connectivity index (χ1) is 8.99. The third-order valence-corrected chi connectivity index (χ3v) is 2.84. The van der Waals surface area contributed by atoms with Crippen LogP contribution in [0.2, 0.25) is 0 Å². The van der Waals surface area contributed by atoms with Gasteiger partial charge in [0.2, 0.25) is 0 Å². The lowest BCUT2D eigenvalue weighted by Crippen LogP contribution is -2.35.